The smallest absolute Gasteiger partial charge is 0.407 e. The Kier molecular flexibility index (Phi) is 7.94. The van der Waals surface area contributed by atoms with Gasteiger partial charge in [-0.1, -0.05) is 44.2 Å². The fourth-order valence-corrected chi connectivity index (χ4v) is 2.86. The highest BCUT2D eigenvalue weighted by molar-refractivity contribution is 5.90. The van der Waals surface area contributed by atoms with Crippen molar-refractivity contribution in [2.24, 2.45) is 5.92 Å². The molecule has 0 fully saturated rings. The van der Waals surface area contributed by atoms with E-state index < -0.39 is 18.0 Å². The van der Waals surface area contributed by atoms with Gasteiger partial charge >= 0.3 is 6.09 Å². The van der Waals surface area contributed by atoms with Crippen LogP contribution in [-0.2, 0) is 16.1 Å². The number of ether oxygens (including phenoxy) is 1. The summed E-state index contributed by atoms with van der Waals surface area (Å²) in [5, 5.41) is 9.29. The monoisotopic (exact) mass is 400 g/mol. The number of carbonyl (C=O) groups is 3. The Morgan fingerprint density at radius 3 is 2.41 bits per heavy atom. The Morgan fingerprint density at radius 1 is 1.14 bits per heavy atom. The van der Waals surface area contributed by atoms with Crippen molar-refractivity contribution in [1.29, 1.82) is 0 Å². The van der Waals surface area contributed by atoms with Gasteiger partial charge in [-0.15, -0.1) is 0 Å². The number of carbonyl (C=O) groups excluding carboxylic acids is 3. The molecule has 29 heavy (non-hydrogen) atoms. The van der Waals surface area contributed by atoms with E-state index in [-0.39, 0.29) is 25.0 Å². The molecule has 0 radical (unpaired) electrons. The summed E-state index contributed by atoms with van der Waals surface area (Å²) in [5.41, 5.74) is 2.28. The molecule has 8 heteroatoms. The standard InChI is InChI=1S/C21H28N4O4/c1-14(2)10-18(20(27)25-16(4)11-15(3)24-25)23-19(26)12-22-21(28)29-13-17-8-6-5-7-9-17/h5-9,11,14,18H,10,12-13H2,1-4H3,(H,22,28)(H,23,26). The third-order valence-corrected chi connectivity index (χ3v) is 4.16. The lowest BCUT2D eigenvalue weighted by molar-refractivity contribution is -0.120. The van der Waals surface area contributed by atoms with Crippen LogP contribution in [0.25, 0.3) is 0 Å². The molecule has 156 valence electrons. The number of aryl methyl sites for hydroxylation is 2. The van der Waals surface area contributed by atoms with Crippen molar-refractivity contribution >= 4 is 17.9 Å². The molecule has 0 spiro atoms. The second kappa shape index (κ2) is 10.4. The second-order valence-electron chi connectivity index (χ2n) is 7.34. The van der Waals surface area contributed by atoms with Crippen molar-refractivity contribution in [3.8, 4) is 0 Å². The Balaban J connectivity index is 1.88. The van der Waals surface area contributed by atoms with E-state index in [4.69, 9.17) is 4.74 Å². The molecule has 2 rings (SSSR count). The molecule has 0 aliphatic rings. The van der Waals surface area contributed by atoms with Gasteiger partial charge in [-0.2, -0.15) is 5.10 Å². The number of nitrogens with one attached hydrogen (secondary N) is 2. The maximum Gasteiger partial charge on any atom is 0.407 e. The van der Waals surface area contributed by atoms with Crippen molar-refractivity contribution in [3.05, 3.63) is 53.3 Å². The van der Waals surface area contributed by atoms with E-state index in [1.165, 1.54) is 4.68 Å². The van der Waals surface area contributed by atoms with Gasteiger partial charge in [0.2, 0.25) is 5.91 Å². The third-order valence-electron chi connectivity index (χ3n) is 4.16. The zero-order chi connectivity index (χ0) is 21.4. The predicted octanol–water partition coefficient (Wildman–Crippen LogP) is 2.60. The van der Waals surface area contributed by atoms with Gasteiger partial charge in [0.1, 0.15) is 19.2 Å². The minimum atomic E-state index is -0.734. The first kappa shape index (κ1) is 22.1. The summed E-state index contributed by atoms with van der Waals surface area (Å²) in [6, 6.07) is 10.3. The minimum absolute atomic E-state index is 0.112. The fourth-order valence-electron chi connectivity index (χ4n) is 2.86. The van der Waals surface area contributed by atoms with Gasteiger partial charge in [0.25, 0.3) is 5.91 Å². The number of nitrogens with zero attached hydrogens (tertiary/aromatic N) is 2. The van der Waals surface area contributed by atoms with Gasteiger partial charge in [-0.25, -0.2) is 9.48 Å². The lowest BCUT2D eigenvalue weighted by Gasteiger charge is -2.20. The molecule has 0 bridgehead atoms. The van der Waals surface area contributed by atoms with Crippen LogP contribution in [0.15, 0.2) is 36.4 Å². The maximum atomic E-state index is 12.8. The Bertz CT molecular complexity index is 846. The van der Waals surface area contributed by atoms with Gasteiger partial charge in [0, 0.05) is 5.69 Å². The van der Waals surface area contributed by atoms with Crippen LogP contribution >= 0.6 is 0 Å². The topological polar surface area (TPSA) is 102 Å². The van der Waals surface area contributed by atoms with E-state index >= 15 is 0 Å². The van der Waals surface area contributed by atoms with Gasteiger partial charge in [0.05, 0.1) is 5.69 Å². The normalized spacial score (nSPS) is 11.8. The molecule has 8 nitrogen and oxygen atoms in total. The van der Waals surface area contributed by atoms with E-state index in [0.29, 0.717) is 12.1 Å². The number of hydrogen-bond donors (Lipinski definition) is 2. The van der Waals surface area contributed by atoms with Crippen LogP contribution in [-0.4, -0.2) is 40.3 Å². The van der Waals surface area contributed by atoms with E-state index in [0.717, 1.165) is 11.3 Å². The summed E-state index contributed by atoms with van der Waals surface area (Å²) in [6.45, 7) is 7.35. The third kappa shape index (κ3) is 7.06. The number of aromatic nitrogens is 2. The summed E-state index contributed by atoms with van der Waals surface area (Å²) in [4.78, 5) is 36.9. The molecule has 1 aromatic carbocycles. The Labute approximate surface area is 170 Å². The Hall–Kier alpha value is -3.16. The van der Waals surface area contributed by atoms with Gasteiger partial charge in [0.15, 0.2) is 0 Å². The molecule has 0 saturated heterocycles. The SMILES string of the molecule is Cc1cc(C)n(C(=O)C(CC(C)C)NC(=O)CNC(=O)OCc2ccccc2)n1. The second-order valence-corrected chi connectivity index (χ2v) is 7.34. The number of hydrogen-bond acceptors (Lipinski definition) is 5. The average Bonchev–Trinajstić information content (AvgIpc) is 3.02. The number of amides is 2. The lowest BCUT2D eigenvalue weighted by Crippen LogP contribution is -2.48. The van der Waals surface area contributed by atoms with E-state index in [9.17, 15) is 14.4 Å². The fraction of sp³-hybridized carbons (Fsp3) is 0.429. The van der Waals surface area contributed by atoms with Gasteiger partial charge in [-0.05, 0) is 37.8 Å². The van der Waals surface area contributed by atoms with E-state index in [2.05, 4.69) is 15.7 Å². The highest BCUT2D eigenvalue weighted by Gasteiger charge is 2.25. The number of benzene rings is 1. The zero-order valence-corrected chi connectivity index (χ0v) is 17.3. The van der Waals surface area contributed by atoms with Crippen LogP contribution in [0.4, 0.5) is 4.79 Å². The highest BCUT2D eigenvalue weighted by Crippen LogP contribution is 2.10. The maximum absolute atomic E-state index is 12.8. The van der Waals surface area contributed by atoms with E-state index in [1.807, 2.05) is 44.2 Å². The molecule has 1 heterocycles. The van der Waals surface area contributed by atoms with Crippen molar-refractivity contribution in [1.82, 2.24) is 20.4 Å². The van der Waals surface area contributed by atoms with Gasteiger partial charge in [-0.3, -0.25) is 9.59 Å². The zero-order valence-electron chi connectivity index (χ0n) is 17.3. The van der Waals surface area contributed by atoms with Crippen molar-refractivity contribution < 1.29 is 19.1 Å². The van der Waals surface area contributed by atoms with Crippen LogP contribution in [0.2, 0.25) is 0 Å². The summed E-state index contributed by atoms with van der Waals surface area (Å²) >= 11 is 0. The quantitative estimate of drug-likeness (QED) is 0.709. The van der Waals surface area contributed by atoms with E-state index in [1.54, 1.807) is 19.9 Å². The van der Waals surface area contributed by atoms with Crippen LogP contribution in [0.3, 0.4) is 0 Å². The Morgan fingerprint density at radius 2 is 1.83 bits per heavy atom. The first-order valence-corrected chi connectivity index (χ1v) is 9.57. The average molecular weight is 400 g/mol. The van der Waals surface area contributed by atoms with Gasteiger partial charge < -0.3 is 15.4 Å². The molecule has 2 aromatic rings. The summed E-state index contributed by atoms with van der Waals surface area (Å²) < 4.78 is 6.38. The minimum Gasteiger partial charge on any atom is -0.445 e. The summed E-state index contributed by atoms with van der Waals surface area (Å²) in [5.74, 6) is -0.587. The van der Waals surface area contributed by atoms with Crippen LogP contribution in [0.5, 0.6) is 0 Å². The molecule has 1 atom stereocenters. The van der Waals surface area contributed by atoms with Crippen molar-refractivity contribution in [2.45, 2.75) is 46.8 Å². The molecule has 1 aromatic heterocycles. The van der Waals surface area contributed by atoms with Crippen molar-refractivity contribution in [2.75, 3.05) is 6.54 Å². The first-order valence-electron chi connectivity index (χ1n) is 9.57. The molecule has 0 saturated carbocycles. The van der Waals surface area contributed by atoms with Crippen molar-refractivity contribution in [3.63, 3.8) is 0 Å². The molecule has 1 unspecified atom stereocenters. The summed E-state index contributed by atoms with van der Waals surface area (Å²) in [7, 11) is 0. The molecular formula is C21H28N4O4. The molecule has 0 aliphatic carbocycles. The number of alkyl carbamates (subject to hydrolysis) is 1. The van der Waals surface area contributed by atoms with Crippen LogP contribution < -0.4 is 10.6 Å². The molecule has 0 aliphatic heterocycles. The van der Waals surface area contributed by atoms with Crippen LogP contribution in [0.1, 0.15) is 42.0 Å². The highest BCUT2D eigenvalue weighted by atomic mass is 16.5. The lowest BCUT2D eigenvalue weighted by atomic mass is 10.0. The molecule has 2 amide bonds. The van der Waals surface area contributed by atoms with Crippen LogP contribution in [0, 0.1) is 19.8 Å². The molecule has 2 N–H and O–H groups in total. The first-order chi connectivity index (χ1) is 13.8. The molecular weight excluding hydrogens is 372 g/mol. The predicted molar refractivity (Wildman–Crippen MR) is 108 cm³/mol. The largest absolute Gasteiger partial charge is 0.445 e. The summed E-state index contributed by atoms with van der Waals surface area (Å²) in [6.07, 6.45) is -0.240. The number of rotatable bonds is 8.